The predicted molar refractivity (Wildman–Crippen MR) is 117 cm³/mol. The molecule has 6 heteroatoms. The standard InChI is InChI=1S/C20H35N3O2.HI/c1-21-20(22-15-17-7-3-2-4-8-17)23-12-10-18(11-13-23)25-16-19-9-5-6-14-24-19;/h2-3,17-19H,4-16H2,1H3,(H,21,22);1H. The van der Waals surface area contributed by atoms with Gasteiger partial charge in [0, 0.05) is 33.3 Å². The fraction of sp³-hybridized carbons (Fsp3) is 0.850. The molecule has 1 aliphatic carbocycles. The van der Waals surface area contributed by atoms with E-state index in [-0.39, 0.29) is 24.0 Å². The summed E-state index contributed by atoms with van der Waals surface area (Å²) in [7, 11) is 1.89. The van der Waals surface area contributed by atoms with Gasteiger partial charge in [-0.2, -0.15) is 0 Å². The molecule has 0 radical (unpaired) electrons. The molecule has 26 heavy (non-hydrogen) atoms. The zero-order valence-electron chi connectivity index (χ0n) is 16.2. The van der Waals surface area contributed by atoms with E-state index in [1.807, 2.05) is 7.05 Å². The van der Waals surface area contributed by atoms with Crippen LogP contribution in [0.1, 0.15) is 51.4 Å². The van der Waals surface area contributed by atoms with Crippen molar-refractivity contribution in [1.29, 1.82) is 0 Å². The monoisotopic (exact) mass is 477 g/mol. The first-order chi connectivity index (χ1) is 12.3. The van der Waals surface area contributed by atoms with Crippen LogP contribution in [0.3, 0.4) is 0 Å². The zero-order chi connectivity index (χ0) is 17.3. The lowest BCUT2D eigenvalue weighted by Crippen LogP contribution is -2.48. The van der Waals surface area contributed by atoms with Crippen LogP contribution in [0.4, 0.5) is 0 Å². The maximum absolute atomic E-state index is 6.12. The van der Waals surface area contributed by atoms with Crippen LogP contribution >= 0.6 is 24.0 Å². The third kappa shape index (κ3) is 7.00. The van der Waals surface area contributed by atoms with Gasteiger partial charge in [0.15, 0.2) is 5.96 Å². The highest BCUT2D eigenvalue weighted by atomic mass is 127. The fourth-order valence-electron chi connectivity index (χ4n) is 4.03. The molecule has 2 heterocycles. The maximum atomic E-state index is 6.12. The lowest BCUT2D eigenvalue weighted by molar-refractivity contribution is -0.0721. The van der Waals surface area contributed by atoms with Gasteiger partial charge < -0.3 is 19.7 Å². The zero-order valence-corrected chi connectivity index (χ0v) is 18.5. The highest BCUT2D eigenvalue weighted by molar-refractivity contribution is 14.0. The quantitative estimate of drug-likeness (QED) is 0.285. The SMILES string of the molecule is CN=C(NCC1CC=CCC1)N1CCC(OCC2CCCCO2)CC1.I. The number of rotatable bonds is 5. The molecular formula is C20H36IN3O2. The van der Waals surface area contributed by atoms with Gasteiger partial charge in [0.2, 0.25) is 0 Å². The van der Waals surface area contributed by atoms with Gasteiger partial charge in [0.05, 0.1) is 18.8 Å². The molecule has 0 bridgehead atoms. The van der Waals surface area contributed by atoms with Gasteiger partial charge in [-0.25, -0.2) is 0 Å². The molecule has 0 spiro atoms. The van der Waals surface area contributed by atoms with Gasteiger partial charge >= 0.3 is 0 Å². The van der Waals surface area contributed by atoms with Gasteiger partial charge in [-0.3, -0.25) is 4.99 Å². The molecule has 0 saturated carbocycles. The Labute approximate surface area is 176 Å². The van der Waals surface area contributed by atoms with Crippen LogP contribution in [0.15, 0.2) is 17.1 Å². The number of allylic oxidation sites excluding steroid dienone is 2. The van der Waals surface area contributed by atoms with Crippen LogP contribution in [0.5, 0.6) is 0 Å². The van der Waals surface area contributed by atoms with Crippen molar-refractivity contribution in [3.05, 3.63) is 12.2 Å². The van der Waals surface area contributed by atoms with Crippen molar-refractivity contribution >= 4 is 29.9 Å². The summed E-state index contributed by atoms with van der Waals surface area (Å²) in [4.78, 5) is 6.88. The van der Waals surface area contributed by atoms with Crippen LogP contribution < -0.4 is 5.32 Å². The van der Waals surface area contributed by atoms with Crippen molar-refractivity contribution in [3.8, 4) is 0 Å². The van der Waals surface area contributed by atoms with Crippen molar-refractivity contribution in [3.63, 3.8) is 0 Å². The van der Waals surface area contributed by atoms with Gasteiger partial charge in [-0.05, 0) is 57.3 Å². The number of hydrogen-bond acceptors (Lipinski definition) is 3. The van der Waals surface area contributed by atoms with E-state index in [4.69, 9.17) is 9.47 Å². The Morgan fingerprint density at radius 2 is 2.04 bits per heavy atom. The Bertz CT molecular complexity index is 444. The molecule has 2 aliphatic heterocycles. The van der Waals surface area contributed by atoms with E-state index in [0.29, 0.717) is 12.2 Å². The summed E-state index contributed by atoms with van der Waals surface area (Å²) in [6.07, 6.45) is 14.8. The lowest BCUT2D eigenvalue weighted by atomic mass is 9.94. The van der Waals surface area contributed by atoms with E-state index >= 15 is 0 Å². The number of ether oxygens (including phenoxy) is 2. The maximum Gasteiger partial charge on any atom is 0.193 e. The summed E-state index contributed by atoms with van der Waals surface area (Å²) >= 11 is 0. The van der Waals surface area contributed by atoms with E-state index in [9.17, 15) is 0 Å². The van der Waals surface area contributed by atoms with Gasteiger partial charge in [0.25, 0.3) is 0 Å². The predicted octanol–water partition coefficient (Wildman–Crippen LogP) is 3.59. The van der Waals surface area contributed by atoms with Crippen LogP contribution in [0.2, 0.25) is 0 Å². The van der Waals surface area contributed by atoms with E-state index in [1.54, 1.807) is 0 Å². The second-order valence-electron chi connectivity index (χ2n) is 7.59. The molecule has 2 unspecified atom stereocenters. The van der Waals surface area contributed by atoms with E-state index in [1.165, 1.54) is 32.1 Å². The van der Waals surface area contributed by atoms with E-state index in [2.05, 4.69) is 27.4 Å². The van der Waals surface area contributed by atoms with Crippen molar-refractivity contribution in [2.24, 2.45) is 10.9 Å². The Kier molecular flexibility index (Phi) is 10.3. The Hall–Kier alpha value is -0.340. The molecule has 5 nitrogen and oxygen atoms in total. The molecular weight excluding hydrogens is 441 g/mol. The first-order valence-electron chi connectivity index (χ1n) is 10.2. The minimum absolute atomic E-state index is 0. The third-order valence-corrected chi connectivity index (χ3v) is 5.67. The molecule has 0 aromatic heterocycles. The minimum atomic E-state index is 0. The van der Waals surface area contributed by atoms with Crippen LogP contribution in [0.25, 0.3) is 0 Å². The van der Waals surface area contributed by atoms with Crippen molar-refractivity contribution in [2.75, 3.05) is 39.9 Å². The summed E-state index contributed by atoms with van der Waals surface area (Å²) in [5.41, 5.74) is 0. The molecule has 2 atom stereocenters. The number of hydrogen-bond donors (Lipinski definition) is 1. The van der Waals surface area contributed by atoms with Crippen molar-refractivity contribution in [1.82, 2.24) is 10.2 Å². The Morgan fingerprint density at radius 3 is 2.69 bits per heavy atom. The van der Waals surface area contributed by atoms with Crippen LogP contribution in [0, 0.1) is 5.92 Å². The lowest BCUT2D eigenvalue weighted by Gasteiger charge is -2.35. The molecule has 3 rings (SSSR count). The smallest absolute Gasteiger partial charge is 0.193 e. The first kappa shape index (κ1) is 22.0. The second kappa shape index (κ2) is 12.2. The summed E-state index contributed by atoms with van der Waals surface area (Å²) in [6, 6.07) is 0. The van der Waals surface area contributed by atoms with Crippen molar-refractivity contribution < 1.29 is 9.47 Å². The third-order valence-electron chi connectivity index (χ3n) is 5.67. The average Bonchev–Trinajstić information content (AvgIpc) is 2.69. The summed E-state index contributed by atoms with van der Waals surface area (Å²) in [5.74, 6) is 1.81. The number of halogens is 1. The Balaban J connectivity index is 0.00000243. The fourth-order valence-corrected chi connectivity index (χ4v) is 4.03. The summed E-state index contributed by atoms with van der Waals surface area (Å²) in [6.45, 7) is 4.77. The number of piperidine rings is 1. The molecule has 3 aliphatic rings. The molecule has 0 amide bonds. The molecule has 1 N–H and O–H groups in total. The van der Waals surface area contributed by atoms with E-state index < -0.39 is 0 Å². The molecule has 150 valence electrons. The van der Waals surface area contributed by atoms with Gasteiger partial charge in [-0.15, -0.1) is 24.0 Å². The molecule has 0 aromatic rings. The highest BCUT2D eigenvalue weighted by Crippen LogP contribution is 2.19. The van der Waals surface area contributed by atoms with Crippen LogP contribution in [-0.2, 0) is 9.47 Å². The van der Waals surface area contributed by atoms with Crippen LogP contribution in [-0.4, -0.2) is 63.0 Å². The molecule has 0 aromatic carbocycles. The van der Waals surface area contributed by atoms with Gasteiger partial charge in [0.1, 0.15) is 0 Å². The number of likely N-dealkylation sites (tertiary alicyclic amines) is 1. The second-order valence-corrected chi connectivity index (χ2v) is 7.59. The van der Waals surface area contributed by atoms with E-state index in [0.717, 1.165) is 64.0 Å². The molecule has 2 saturated heterocycles. The minimum Gasteiger partial charge on any atom is -0.376 e. The Morgan fingerprint density at radius 1 is 1.19 bits per heavy atom. The normalized spacial score (nSPS) is 27.9. The summed E-state index contributed by atoms with van der Waals surface area (Å²) in [5, 5.41) is 3.59. The average molecular weight is 477 g/mol. The first-order valence-corrected chi connectivity index (χ1v) is 10.2. The largest absolute Gasteiger partial charge is 0.376 e. The summed E-state index contributed by atoms with van der Waals surface area (Å²) < 4.78 is 11.9. The van der Waals surface area contributed by atoms with Crippen molar-refractivity contribution in [2.45, 2.75) is 63.6 Å². The highest BCUT2D eigenvalue weighted by Gasteiger charge is 2.24. The number of nitrogens with zero attached hydrogens (tertiary/aromatic N) is 2. The number of nitrogens with one attached hydrogen (secondary N) is 1. The topological polar surface area (TPSA) is 46.1 Å². The van der Waals surface area contributed by atoms with Gasteiger partial charge in [-0.1, -0.05) is 12.2 Å². The number of guanidine groups is 1. The number of aliphatic imine (C=N–C) groups is 1. The molecule has 2 fully saturated rings.